The second-order valence-electron chi connectivity index (χ2n) is 6.19. The van der Waals surface area contributed by atoms with Crippen LogP contribution in [0.25, 0.3) is 0 Å². The number of carbonyl (C=O) groups is 1. The highest BCUT2D eigenvalue weighted by Crippen LogP contribution is 2.23. The summed E-state index contributed by atoms with van der Waals surface area (Å²) in [5, 5.41) is 8.91. The van der Waals surface area contributed by atoms with Gasteiger partial charge in [0.05, 0.1) is 11.3 Å². The summed E-state index contributed by atoms with van der Waals surface area (Å²) in [4.78, 5) is 11.0. The molecule has 0 bridgehead atoms. The van der Waals surface area contributed by atoms with Crippen molar-refractivity contribution in [1.82, 2.24) is 9.29 Å². The van der Waals surface area contributed by atoms with Crippen LogP contribution in [0.2, 0.25) is 0 Å². The van der Waals surface area contributed by atoms with Gasteiger partial charge >= 0.3 is 5.97 Å². The minimum Gasteiger partial charge on any atom is -0.481 e. The Bertz CT molecular complexity index is 569. The second-order valence-corrected chi connectivity index (χ2v) is 7.91. The van der Waals surface area contributed by atoms with E-state index in [1.54, 1.807) is 17.8 Å². The van der Waals surface area contributed by atoms with E-state index < -0.39 is 22.0 Å². The lowest BCUT2D eigenvalue weighted by Crippen LogP contribution is -2.38. The molecule has 1 unspecified atom stereocenters. The average molecular weight is 302 g/mol. The minimum absolute atomic E-state index is 0.143. The van der Waals surface area contributed by atoms with Crippen LogP contribution in [0.4, 0.5) is 0 Å². The minimum atomic E-state index is -3.69. The number of aromatic nitrogens is 1. The van der Waals surface area contributed by atoms with Crippen molar-refractivity contribution in [2.24, 2.45) is 12.5 Å². The van der Waals surface area contributed by atoms with Gasteiger partial charge in [-0.05, 0) is 17.9 Å². The third-order valence-electron chi connectivity index (χ3n) is 2.72. The average Bonchev–Trinajstić information content (AvgIpc) is 2.60. The number of rotatable bonds is 6. The molecule has 0 aliphatic carbocycles. The fourth-order valence-corrected chi connectivity index (χ4v) is 3.32. The first-order chi connectivity index (χ1) is 8.99. The van der Waals surface area contributed by atoms with E-state index in [0.29, 0.717) is 6.42 Å². The molecular weight excluding hydrogens is 280 g/mol. The van der Waals surface area contributed by atoms with Gasteiger partial charge < -0.3 is 9.67 Å². The summed E-state index contributed by atoms with van der Waals surface area (Å²) in [6, 6.07) is 0.856. The number of aliphatic carboxylic acids is 1. The molecule has 1 atom stereocenters. The van der Waals surface area contributed by atoms with Crippen LogP contribution >= 0.6 is 0 Å². The second kappa shape index (κ2) is 5.97. The zero-order valence-electron chi connectivity index (χ0n) is 12.3. The van der Waals surface area contributed by atoms with E-state index in [4.69, 9.17) is 5.11 Å². The molecule has 6 nitrogen and oxygen atoms in total. The van der Waals surface area contributed by atoms with Gasteiger partial charge in [-0.1, -0.05) is 20.8 Å². The summed E-state index contributed by atoms with van der Waals surface area (Å²) in [6.07, 6.45) is 3.33. The van der Waals surface area contributed by atoms with Gasteiger partial charge in [-0.3, -0.25) is 4.79 Å². The summed E-state index contributed by atoms with van der Waals surface area (Å²) in [5.41, 5.74) is -0.167. The Hall–Kier alpha value is -1.34. The van der Waals surface area contributed by atoms with Gasteiger partial charge in [0.2, 0.25) is 10.0 Å². The highest BCUT2D eigenvalue weighted by molar-refractivity contribution is 7.89. The Labute approximate surface area is 119 Å². The Balaban J connectivity index is 2.91. The lowest BCUT2D eigenvalue weighted by atomic mass is 9.87. The molecule has 1 aromatic heterocycles. The Morgan fingerprint density at radius 1 is 1.45 bits per heavy atom. The highest BCUT2D eigenvalue weighted by atomic mass is 32.2. The molecule has 0 amide bonds. The first-order valence-corrected chi connectivity index (χ1v) is 7.84. The Morgan fingerprint density at radius 2 is 2.05 bits per heavy atom. The predicted octanol–water partition coefficient (Wildman–Crippen LogP) is 1.58. The van der Waals surface area contributed by atoms with E-state index in [9.17, 15) is 13.2 Å². The van der Waals surface area contributed by atoms with Gasteiger partial charge in [-0.25, -0.2) is 13.1 Å². The third-order valence-corrected chi connectivity index (χ3v) is 4.22. The molecule has 0 saturated carbocycles. The molecular formula is C13H22N2O4S. The van der Waals surface area contributed by atoms with Crippen molar-refractivity contribution in [3.63, 3.8) is 0 Å². The summed E-state index contributed by atoms with van der Waals surface area (Å²) in [5.74, 6) is -1.02. The molecule has 1 rings (SSSR count). The SMILES string of the molecule is Cn1ccc(S(=O)(=O)NC(CC(=O)O)CC(C)(C)C)c1. The number of hydrogen-bond acceptors (Lipinski definition) is 3. The van der Waals surface area contributed by atoms with Gasteiger partial charge in [-0.2, -0.15) is 0 Å². The van der Waals surface area contributed by atoms with E-state index in [2.05, 4.69) is 4.72 Å². The number of sulfonamides is 1. The van der Waals surface area contributed by atoms with Gasteiger partial charge in [0.25, 0.3) is 0 Å². The lowest BCUT2D eigenvalue weighted by Gasteiger charge is -2.25. The summed E-state index contributed by atoms with van der Waals surface area (Å²) in [6.45, 7) is 5.83. The van der Waals surface area contributed by atoms with E-state index in [1.165, 1.54) is 12.3 Å². The van der Waals surface area contributed by atoms with Crippen molar-refractivity contribution in [3.8, 4) is 0 Å². The number of carboxylic acids is 1. The summed E-state index contributed by atoms with van der Waals surface area (Å²) >= 11 is 0. The molecule has 1 heterocycles. The maximum Gasteiger partial charge on any atom is 0.304 e. The molecule has 0 radical (unpaired) electrons. The normalized spacial score (nSPS) is 14.2. The molecule has 1 aromatic rings. The Morgan fingerprint density at radius 3 is 2.45 bits per heavy atom. The molecule has 20 heavy (non-hydrogen) atoms. The van der Waals surface area contributed by atoms with E-state index in [1.807, 2.05) is 20.8 Å². The van der Waals surface area contributed by atoms with Crippen LogP contribution in [-0.2, 0) is 21.9 Å². The maximum atomic E-state index is 12.2. The fraction of sp³-hybridized carbons (Fsp3) is 0.615. The van der Waals surface area contributed by atoms with Gasteiger partial charge in [0.1, 0.15) is 0 Å². The molecule has 114 valence electrons. The van der Waals surface area contributed by atoms with Crippen LogP contribution in [0.5, 0.6) is 0 Å². The van der Waals surface area contributed by atoms with Crippen molar-refractivity contribution in [2.45, 2.75) is 44.6 Å². The molecule has 0 spiro atoms. The molecule has 0 fully saturated rings. The first kappa shape index (κ1) is 16.7. The highest BCUT2D eigenvalue weighted by Gasteiger charge is 2.26. The quantitative estimate of drug-likeness (QED) is 0.835. The van der Waals surface area contributed by atoms with Gasteiger partial charge in [-0.15, -0.1) is 0 Å². The smallest absolute Gasteiger partial charge is 0.304 e. The van der Waals surface area contributed by atoms with Crippen molar-refractivity contribution in [2.75, 3.05) is 0 Å². The van der Waals surface area contributed by atoms with Crippen LogP contribution in [-0.4, -0.2) is 30.1 Å². The van der Waals surface area contributed by atoms with Gasteiger partial charge in [0, 0.05) is 25.5 Å². The van der Waals surface area contributed by atoms with Gasteiger partial charge in [0.15, 0.2) is 0 Å². The summed E-state index contributed by atoms with van der Waals surface area (Å²) < 4.78 is 28.5. The monoisotopic (exact) mass is 302 g/mol. The molecule has 0 aromatic carbocycles. The molecule has 0 saturated heterocycles. The van der Waals surface area contributed by atoms with Crippen molar-refractivity contribution >= 4 is 16.0 Å². The summed E-state index contributed by atoms with van der Waals surface area (Å²) in [7, 11) is -1.97. The topological polar surface area (TPSA) is 88.4 Å². The van der Waals surface area contributed by atoms with E-state index in [0.717, 1.165) is 0 Å². The van der Waals surface area contributed by atoms with Crippen molar-refractivity contribution in [1.29, 1.82) is 0 Å². The number of carboxylic acid groups (broad SMARTS) is 1. The molecule has 7 heteroatoms. The van der Waals surface area contributed by atoms with E-state index in [-0.39, 0.29) is 16.7 Å². The molecule has 0 aliphatic rings. The van der Waals surface area contributed by atoms with Crippen molar-refractivity contribution in [3.05, 3.63) is 18.5 Å². The lowest BCUT2D eigenvalue weighted by molar-refractivity contribution is -0.137. The standard InChI is InChI=1S/C13H22N2O4S/c1-13(2,3)8-10(7-12(16)17)14-20(18,19)11-5-6-15(4)9-11/h5-6,9-10,14H,7-8H2,1-4H3,(H,16,17). The molecule has 0 aliphatic heterocycles. The van der Waals surface area contributed by atoms with E-state index >= 15 is 0 Å². The number of nitrogens with one attached hydrogen (secondary N) is 1. The molecule has 2 N–H and O–H groups in total. The Kier molecular flexibility index (Phi) is 4.99. The third kappa shape index (κ3) is 5.34. The van der Waals surface area contributed by atoms with Crippen molar-refractivity contribution < 1.29 is 18.3 Å². The number of nitrogens with zero attached hydrogens (tertiary/aromatic N) is 1. The van der Waals surface area contributed by atoms with Crippen LogP contribution in [0.1, 0.15) is 33.6 Å². The zero-order valence-corrected chi connectivity index (χ0v) is 13.1. The van der Waals surface area contributed by atoms with Crippen LogP contribution < -0.4 is 4.72 Å². The number of aryl methyl sites for hydroxylation is 1. The van der Waals surface area contributed by atoms with Crippen LogP contribution in [0.3, 0.4) is 0 Å². The first-order valence-electron chi connectivity index (χ1n) is 6.36. The predicted molar refractivity (Wildman–Crippen MR) is 75.8 cm³/mol. The largest absolute Gasteiger partial charge is 0.481 e. The zero-order chi connectivity index (χ0) is 15.6. The van der Waals surface area contributed by atoms with Crippen LogP contribution in [0.15, 0.2) is 23.4 Å². The fourth-order valence-electron chi connectivity index (χ4n) is 2.03. The number of hydrogen-bond donors (Lipinski definition) is 2. The maximum absolute atomic E-state index is 12.2. The van der Waals surface area contributed by atoms with Crippen LogP contribution in [0, 0.1) is 5.41 Å².